The molecule has 2 aromatic rings. The molecule has 16 heavy (non-hydrogen) atoms. The van der Waals surface area contributed by atoms with Crippen molar-refractivity contribution in [2.75, 3.05) is 5.73 Å². The molecule has 84 valence electrons. The van der Waals surface area contributed by atoms with E-state index in [1.54, 1.807) is 12.1 Å². The van der Waals surface area contributed by atoms with Crippen molar-refractivity contribution < 1.29 is 4.39 Å². The quantitative estimate of drug-likeness (QED) is 0.796. The number of rotatable bonds is 1. The van der Waals surface area contributed by atoms with Crippen molar-refractivity contribution in [3.63, 3.8) is 0 Å². The van der Waals surface area contributed by atoms with E-state index in [-0.39, 0.29) is 11.7 Å². The smallest absolute Gasteiger partial charge is 0.134 e. The van der Waals surface area contributed by atoms with Crippen molar-refractivity contribution in [2.45, 2.75) is 26.7 Å². The molecule has 0 radical (unpaired) electrons. The van der Waals surface area contributed by atoms with Crippen LogP contribution in [0.15, 0.2) is 18.2 Å². The van der Waals surface area contributed by atoms with Gasteiger partial charge in [-0.1, -0.05) is 19.9 Å². The van der Waals surface area contributed by atoms with Crippen molar-refractivity contribution in [1.29, 1.82) is 0 Å². The van der Waals surface area contributed by atoms with Gasteiger partial charge in [-0.25, -0.2) is 4.39 Å². The van der Waals surface area contributed by atoms with Crippen LogP contribution in [-0.2, 0) is 0 Å². The first-order valence-electron chi connectivity index (χ1n) is 5.36. The molecule has 0 aliphatic rings. The number of benzene rings is 1. The summed E-state index contributed by atoms with van der Waals surface area (Å²) in [4.78, 5) is 4.48. The Morgan fingerprint density at radius 1 is 1.31 bits per heavy atom. The van der Waals surface area contributed by atoms with Crippen molar-refractivity contribution in [3.05, 3.63) is 35.3 Å². The van der Waals surface area contributed by atoms with Crippen LogP contribution in [-0.4, -0.2) is 4.98 Å². The molecule has 2 nitrogen and oxygen atoms in total. The average Bonchev–Trinajstić information content (AvgIpc) is 2.22. The maximum absolute atomic E-state index is 13.6. The molecule has 0 aliphatic carbocycles. The Morgan fingerprint density at radius 3 is 2.62 bits per heavy atom. The van der Waals surface area contributed by atoms with E-state index >= 15 is 0 Å². The molecule has 0 saturated heterocycles. The lowest BCUT2D eigenvalue weighted by molar-refractivity contribution is 0.639. The highest BCUT2D eigenvalue weighted by atomic mass is 19.1. The first-order chi connectivity index (χ1) is 7.50. The Morgan fingerprint density at radius 2 is 2.00 bits per heavy atom. The van der Waals surface area contributed by atoms with Crippen molar-refractivity contribution in [1.82, 2.24) is 4.98 Å². The molecule has 0 spiro atoms. The molecule has 1 aromatic heterocycles. The van der Waals surface area contributed by atoms with Gasteiger partial charge in [-0.05, 0) is 30.5 Å². The van der Waals surface area contributed by atoms with Crippen LogP contribution in [0, 0.1) is 12.7 Å². The first-order valence-corrected chi connectivity index (χ1v) is 5.36. The third-order valence-corrected chi connectivity index (χ3v) is 2.75. The molecule has 0 atom stereocenters. The summed E-state index contributed by atoms with van der Waals surface area (Å²) >= 11 is 0. The lowest BCUT2D eigenvalue weighted by atomic mass is 10.0. The van der Waals surface area contributed by atoms with Gasteiger partial charge >= 0.3 is 0 Å². The van der Waals surface area contributed by atoms with Gasteiger partial charge < -0.3 is 5.73 Å². The van der Waals surface area contributed by atoms with Gasteiger partial charge in [0.2, 0.25) is 0 Å². The highest BCUT2D eigenvalue weighted by Gasteiger charge is 2.11. The minimum absolute atomic E-state index is 0.286. The van der Waals surface area contributed by atoms with Crippen LogP contribution in [0.4, 0.5) is 10.1 Å². The number of halogens is 1. The Labute approximate surface area is 94.3 Å². The van der Waals surface area contributed by atoms with Gasteiger partial charge in [0.1, 0.15) is 5.82 Å². The number of aryl methyl sites for hydroxylation is 1. The third kappa shape index (κ3) is 1.62. The summed E-state index contributed by atoms with van der Waals surface area (Å²) < 4.78 is 13.6. The van der Waals surface area contributed by atoms with Gasteiger partial charge in [-0.2, -0.15) is 0 Å². The summed E-state index contributed by atoms with van der Waals surface area (Å²) in [6.45, 7) is 6.00. The lowest BCUT2D eigenvalue weighted by Gasteiger charge is -2.11. The van der Waals surface area contributed by atoms with E-state index < -0.39 is 0 Å². The van der Waals surface area contributed by atoms with Crippen LogP contribution in [0.5, 0.6) is 0 Å². The zero-order valence-electron chi connectivity index (χ0n) is 9.71. The second-order valence-electron chi connectivity index (χ2n) is 4.38. The molecule has 3 heteroatoms. The molecule has 0 unspecified atom stereocenters. The van der Waals surface area contributed by atoms with Crippen molar-refractivity contribution in [2.24, 2.45) is 0 Å². The highest BCUT2D eigenvalue weighted by molar-refractivity contribution is 5.92. The number of aromatic nitrogens is 1. The molecule has 0 aliphatic heterocycles. The van der Waals surface area contributed by atoms with Crippen LogP contribution in [0.1, 0.15) is 31.0 Å². The molecule has 0 amide bonds. The van der Waals surface area contributed by atoms with Gasteiger partial charge in [0.25, 0.3) is 0 Å². The van der Waals surface area contributed by atoms with Crippen molar-refractivity contribution >= 4 is 16.6 Å². The normalized spacial score (nSPS) is 11.3. The fourth-order valence-corrected chi connectivity index (χ4v) is 1.78. The highest BCUT2D eigenvalue weighted by Crippen LogP contribution is 2.28. The maximum atomic E-state index is 13.6. The lowest BCUT2D eigenvalue weighted by Crippen LogP contribution is -2.00. The largest absolute Gasteiger partial charge is 0.398 e. The van der Waals surface area contributed by atoms with E-state index in [4.69, 9.17) is 5.73 Å². The molecule has 1 aromatic carbocycles. The minimum Gasteiger partial charge on any atom is -0.398 e. The topological polar surface area (TPSA) is 38.9 Å². The van der Waals surface area contributed by atoms with Crippen molar-refractivity contribution in [3.8, 4) is 0 Å². The standard InChI is InChI=1S/C13H15FN2/c1-7(2)11-6-10(15)12-9(14)5-4-8(3)13(12)16-11/h4-7H,1-3H3,(H2,15,16). The Balaban J connectivity index is 2.86. The molecule has 2 rings (SSSR count). The van der Waals surface area contributed by atoms with E-state index in [2.05, 4.69) is 4.98 Å². The van der Waals surface area contributed by atoms with E-state index in [9.17, 15) is 4.39 Å². The maximum Gasteiger partial charge on any atom is 0.134 e. The van der Waals surface area contributed by atoms with Gasteiger partial charge in [-0.15, -0.1) is 0 Å². The molecule has 1 heterocycles. The second kappa shape index (κ2) is 3.74. The fraction of sp³-hybridized carbons (Fsp3) is 0.308. The number of hydrogen-bond acceptors (Lipinski definition) is 2. The molecular weight excluding hydrogens is 203 g/mol. The number of nitrogen functional groups attached to an aromatic ring is 1. The number of fused-ring (bicyclic) bond motifs is 1. The average molecular weight is 218 g/mol. The van der Waals surface area contributed by atoms with Gasteiger partial charge in [0.05, 0.1) is 10.9 Å². The molecule has 0 saturated carbocycles. The zero-order chi connectivity index (χ0) is 11.9. The Hall–Kier alpha value is -1.64. The van der Waals surface area contributed by atoms with Crippen LogP contribution >= 0.6 is 0 Å². The van der Waals surface area contributed by atoms with Crippen LogP contribution in [0.2, 0.25) is 0 Å². The first kappa shape index (κ1) is 10.9. The number of anilines is 1. The number of nitrogens with two attached hydrogens (primary N) is 1. The van der Waals surface area contributed by atoms with E-state index in [1.807, 2.05) is 20.8 Å². The summed E-state index contributed by atoms with van der Waals surface area (Å²) in [6.07, 6.45) is 0. The summed E-state index contributed by atoms with van der Waals surface area (Å²) in [5, 5.41) is 0.435. The summed E-state index contributed by atoms with van der Waals surface area (Å²) in [7, 11) is 0. The van der Waals surface area contributed by atoms with Crippen LogP contribution in [0.25, 0.3) is 10.9 Å². The molecular formula is C13H15FN2. The number of hydrogen-bond donors (Lipinski definition) is 1. The summed E-state index contributed by atoms with van der Waals surface area (Å²) in [5.74, 6) is -0.0183. The Bertz CT molecular complexity index is 547. The number of nitrogens with zero attached hydrogens (tertiary/aromatic N) is 1. The van der Waals surface area contributed by atoms with E-state index in [0.717, 1.165) is 11.3 Å². The minimum atomic E-state index is -0.305. The molecule has 2 N–H and O–H groups in total. The SMILES string of the molecule is Cc1ccc(F)c2c(N)cc(C(C)C)nc12. The van der Waals surface area contributed by atoms with Crippen LogP contribution in [0.3, 0.4) is 0 Å². The van der Waals surface area contributed by atoms with E-state index in [0.29, 0.717) is 16.6 Å². The summed E-state index contributed by atoms with van der Waals surface area (Å²) in [5.41, 5.74) is 8.87. The fourth-order valence-electron chi connectivity index (χ4n) is 1.78. The second-order valence-corrected chi connectivity index (χ2v) is 4.38. The van der Waals surface area contributed by atoms with Gasteiger partial charge in [0, 0.05) is 11.4 Å². The molecule has 0 bridgehead atoms. The number of pyridine rings is 1. The predicted octanol–water partition coefficient (Wildman–Crippen LogP) is 3.39. The zero-order valence-corrected chi connectivity index (χ0v) is 9.71. The van der Waals surface area contributed by atoms with Crippen LogP contribution < -0.4 is 5.73 Å². The Kier molecular flexibility index (Phi) is 2.54. The summed E-state index contributed by atoms with van der Waals surface area (Å²) in [6, 6.07) is 4.93. The molecule has 0 fully saturated rings. The monoisotopic (exact) mass is 218 g/mol. The third-order valence-electron chi connectivity index (χ3n) is 2.75. The van der Waals surface area contributed by atoms with Gasteiger partial charge in [0.15, 0.2) is 0 Å². The van der Waals surface area contributed by atoms with E-state index in [1.165, 1.54) is 6.07 Å². The van der Waals surface area contributed by atoms with Gasteiger partial charge in [-0.3, -0.25) is 4.98 Å². The predicted molar refractivity (Wildman–Crippen MR) is 64.9 cm³/mol.